The minimum absolute atomic E-state index is 0.199. The summed E-state index contributed by atoms with van der Waals surface area (Å²) in [6.07, 6.45) is 0. The number of carbonyl (C=O) groups excluding carboxylic acids is 1. The Bertz CT molecular complexity index is 1310. The van der Waals surface area contributed by atoms with Gasteiger partial charge in [-0.2, -0.15) is 0 Å². The Morgan fingerprint density at radius 3 is 1.97 bits per heavy atom. The molecule has 0 aliphatic heterocycles. The average molecular weight is 390 g/mol. The molecule has 0 spiro atoms. The summed E-state index contributed by atoms with van der Waals surface area (Å²) >= 11 is 0. The highest BCUT2D eigenvalue weighted by Gasteiger charge is 2.13. The van der Waals surface area contributed by atoms with Crippen LogP contribution in [0.25, 0.3) is 21.8 Å². The highest BCUT2D eigenvalue weighted by Crippen LogP contribution is 2.31. The lowest BCUT2D eigenvalue weighted by Gasteiger charge is -2.13. The smallest absolute Gasteiger partial charge is 0.255 e. The van der Waals surface area contributed by atoms with Crippen molar-refractivity contribution in [3.63, 3.8) is 0 Å². The number of anilines is 1. The van der Waals surface area contributed by atoms with Crippen molar-refractivity contribution in [1.82, 2.24) is 4.98 Å². The van der Waals surface area contributed by atoms with Crippen molar-refractivity contribution in [2.45, 2.75) is 0 Å². The molecule has 1 amide bonds. The number of hydrogen-bond acceptors (Lipinski definition) is 3. The van der Waals surface area contributed by atoms with Crippen molar-refractivity contribution in [3.8, 4) is 11.5 Å². The largest absolute Gasteiger partial charge is 0.457 e. The van der Waals surface area contributed by atoms with Gasteiger partial charge in [-0.05, 0) is 42.5 Å². The zero-order chi connectivity index (χ0) is 20.3. The Balaban J connectivity index is 1.51. The van der Waals surface area contributed by atoms with Crippen LogP contribution in [-0.2, 0) is 0 Å². The standard InChI is InChI=1S/C26H18N2O2/c29-26(18-9-8-12-20(17-18)30-19-10-2-1-3-11-19)28-25-21-13-4-6-15-23(21)27-24-16-7-5-14-22(24)25/h1-17H,(H,27,28,29). The highest BCUT2D eigenvalue weighted by molar-refractivity contribution is 6.16. The van der Waals surface area contributed by atoms with Gasteiger partial charge in [0.05, 0.1) is 16.7 Å². The van der Waals surface area contributed by atoms with Crippen LogP contribution in [0.1, 0.15) is 10.4 Å². The first-order valence-corrected chi connectivity index (χ1v) is 9.70. The Morgan fingerprint density at radius 2 is 1.27 bits per heavy atom. The summed E-state index contributed by atoms with van der Waals surface area (Å²) in [5.74, 6) is 1.13. The summed E-state index contributed by atoms with van der Waals surface area (Å²) in [6.45, 7) is 0. The van der Waals surface area contributed by atoms with Gasteiger partial charge in [0.25, 0.3) is 5.91 Å². The molecule has 0 aliphatic rings. The molecule has 0 saturated heterocycles. The quantitative estimate of drug-likeness (QED) is 0.360. The molecule has 0 saturated carbocycles. The number of nitrogens with zero attached hydrogens (tertiary/aromatic N) is 1. The van der Waals surface area contributed by atoms with E-state index in [9.17, 15) is 4.79 Å². The van der Waals surface area contributed by atoms with Gasteiger partial charge in [-0.3, -0.25) is 4.79 Å². The van der Waals surface area contributed by atoms with Gasteiger partial charge in [-0.25, -0.2) is 4.98 Å². The van der Waals surface area contributed by atoms with Crippen LogP contribution in [-0.4, -0.2) is 10.9 Å². The van der Waals surface area contributed by atoms with E-state index in [1.165, 1.54) is 0 Å². The van der Waals surface area contributed by atoms with E-state index < -0.39 is 0 Å². The molecule has 1 heterocycles. The molecule has 144 valence electrons. The molecule has 30 heavy (non-hydrogen) atoms. The van der Waals surface area contributed by atoms with Crippen LogP contribution in [0.5, 0.6) is 11.5 Å². The Labute approximate surface area is 173 Å². The Hall–Kier alpha value is -4.18. The van der Waals surface area contributed by atoms with E-state index in [1.54, 1.807) is 12.1 Å². The van der Waals surface area contributed by atoms with E-state index in [-0.39, 0.29) is 5.91 Å². The molecule has 0 aliphatic carbocycles. The van der Waals surface area contributed by atoms with E-state index in [0.717, 1.165) is 33.2 Å². The minimum atomic E-state index is -0.199. The molecule has 0 atom stereocenters. The lowest BCUT2D eigenvalue weighted by Crippen LogP contribution is -2.12. The Morgan fingerprint density at radius 1 is 0.667 bits per heavy atom. The van der Waals surface area contributed by atoms with E-state index in [0.29, 0.717) is 11.3 Å². The summed E-state index contributed by atoms with van der Waals surface area (Å²) < 4.78 is 5.87. The van der Waals surface area contributed by atoms with Crippen molar-refractivity contribution in [2.75, 3.05) is 5.32 Å². The van der Waals surface area contributed by atoms with Crippen LogP contribution in [0.2, 0.25) is 0 Å². The molecular weight excluding hydrogens is 372 g/mol. The number of rotatable bonds is 4. The van der Waals surface area contributed by atoms with Gasteiger partial charge in [0.15, 0.2) is 0 Å². The number of fused-ring (bicyclic) bond motifs is 2. The summed E-state index contributed by atoms with van der Waals surface area (Å²) in [6, 6.07) is 32.3. The fraction of sp³-hybridized carbons (Fsp3) is 0. The van der Waals surface area contributed by atoms with Crippen LogP contribution < -0.4 is 10.1 Å². The fourth-order valence-corrected chi connectivity index (χ4v) is 3.49. The second-order valence-electron chi connectivity index (χ2n) is 6.92. The first-order valence-electron chi connectivity index (χ1n) is 9.70. The first kappa shape index (κ1) is 17.9. The lowest BCUT2D eigenvalue weighted by atomic mass is 10.1. The fourth-order valence-electron chi connectivity index (χ4n) is 3.49. The van der Waals surface area contributed by atoms with E-state index in [4.69, 9.17) is 9.72 Å². The number of amides is 1. The summed E-state index contributed by atoms with van der Waals surface area (Å²) in [5, 5.41) is 4.91. The number of hydrogen-bond donors (Lipinski definition) is 1. The molecule has 4 aromatic carbocycles. The lowest BCUT2D eigenvalue weighted by molar-refractivity contribution is 0.102. The number of carbonyl (C=O) groups is 1. The molecule has 5 aromatic rings. The van der Waals surface area contributed by atoms with Gasteiger partial charge in [0.1, 0.15) is 11.5 Å². The van der Waals surface area contributed by atoms with Crippen molar-refractivity contribution in [3.05, 3.63) is 109 Å². The minimum Gasteiger partial charge on any atom is -0.457 e. The average Bonchev–Trinajstić information content (AvgIpc) is 2.80. The van der Waals surface area contributed by atoms with E-state index >= 15 is 0 Å². The third-order valence-corrected chi connectivity index (χ3v) is 4.90. The number of ether oxygens (including phenoxy) is 1. The normalized spacial score (nSPS) is 10.8. The van der Waals surface area contributed by atoms with Crippen molar-refractivity contribution >= 4 is 33.4 Å². The summed E-state index contributed by atoms with van der Waals surface area (Å²) in [7, 11) is 0. The predicted octanol–water partition coefficient (Wildman–Crippen LogP) is 6.43. The number of aromatic nitrogens is 1. The van der Waals surface area contributed by atoms with Crippen LogP contribution in [0.15, 0.2) is 103 Å². The van der Waals surface area contributed by atoms with Gasteiger partial charge < -0.3 is 10.1 Å². The molecule has 1 aromatic heterocycles. The molecule has 0 fully saturated rings. The van der Waals surface area contributed by atoms with E-state index in [1.807, 2.05) is 91.0 Å². The van der Waals surface area contributed by atoms with Gasteiger partial charge >= 0.3 is 0 Å². The topological polar surface area (TPSA) is 51.2 Å². The highest BCUT2D eigenvalue weighted by atomic mass is 16.5. The van der Waals surface area contributed by atoms with Crippen molar-refractivity contribution in [2.24, 2.45) is 0 Å². The second-order valence-corrected chi connectivity index (χ2v) is 6.92. The maximum atomic E-state index is 13.1. The SMILES string of the molecule is O=C(Nc1c2ccccc2nc2ccccc12)c1cccc(Oc2ccccc2)c1. The molecule has 5 rings (SSSR count). The third-order valence-electron chi connectivity index (χ3n) is 4.90. The van der Waals surface area contributed by atoms with Crippen molar-refractivity contribution in [1.29, 1.82) is 0 Å². The Kier molecular flexibility index (Phi) is 4.58. The monoisotopic (exact) mass is 390 g/mol. The second kappa shape index (κ2) is 7.68. The van der Waals surface area contributed by atoms with Gasteiger partial charge in [0.2, 0.25) is 0 Å². The zero-order valence-electron chi connectivity index (χ0n) is 16.1. The van der Waals surface area contributed by atoms with Crippen LogP contribution in [0, 0.1) is 0 Å². The summed E-state index contributed by atoms with van der Waals surface area (Å²) in [4.78, 5) is 17.8. The molecule has 0 radical (unpaired) electrons. The first-order chi connectivity index (χ1) is 14.8. The molecule has 4 nitrogen and oxygen atoms in total. The number of pyridine rings is 1. The van der Waals surface area contributed by atoms with Gasteiger partial charge in [-0.15, -0.1) is 0 Å². The van der Waals surface area contributed by atoms with Gasteiger partial charge in [-0.1, -0.05) is 60.7 Å². The number of benzene rings is 4. The van der Waals surface area contributed by atoms with Crippen LogP contribution in [0.4, 0.5) is 5.69 Å². The predicted molar refractivity (Wildman–Crippen MR) is 120 cm³/mol. The van der Waals surface area contributed by atoms with Gasteiger partial charge in [0, 0.05) is 16.3 Å². The van der Waals surface area contributed by atoms with E-state index in [2.05, 4.69) is 5.32 Å². The van der Waals surface area contributed by atoms with Crippen LogP contribution in [0.3, 0.4) is 0 Å². The number of nitrogens with one attached hydrogen (secondary N) is 1. The molecule has 0 unspecified atom stereocenters. The van der Waals surface area contributed by atoms with Crippen LogP contribution >= 0.6 is 0 Å². The third kappa shape index (κ3) is 3.47. The van der Waals surface area contributed by atoms with Crippen molar-refractivity contribution < 1.29 is 9.53 Å². The molecule has 1 N–H and O–H groups in total. The molecule has 0 bridgehead atoms. The molecule has 4 heteroatoms. The maximum absolute atomic E-state index is 13.1. The maximum Gasteiger partial charge on any atom is 0.255 e. The number of para-hydroxylation sites is 3. The molecular formula is C26H18N2O2. The zero-order valence-corrected chi connectivity index (χ0v) is 16.1. The summed E-state index contributed by atoms with van der Waals surface area (Å²) in [5.41, 5.74) is 2.96.